The van der Waals surface area contributed by atoms with Crippen LogP contribution in [0.2, 0.25) is 0 Å². The molecule has 0 amide bonds. The van der Waals surface area contributed by atoms with Crippen molar-refractivity contribution in [3.05, 3.63) is 56.2 Å². The van der Waals surface area contributed by atoms with Crippen molar-refractivity contribution >= 4 is 43.5 Å². The highest BCUT2D eigenvalue weighted by molar-refractivity contribution is 9.10. The number of hydrogen-bond acceptors (Lipinski definition) is 2. The first kappa shape index (κ1) is 16.6. The number of halogens is 4. The third-order valence-electron chi connectivity index (χ3n) is 3.03. The minimum absolute atomic E-state index is 0.342. The van der Waals surface area contributed by atoms with E-state index in [0.29, 0.717) is 27.1 Å². The Morgan fingerprint density at radius 3 is 2.33 bits per heavy atom. The van der Waals surface area contributed by atoms with Crippen molar-refractivity contribution in [1.82, 2.24) is 0 Å². The first-order valence-electron chi connectivity index (χ1n) is 5.99. The van der Waals surface area contributed by atoms with E-state index in [0.717, 1.165) is 4.47 Å². The van der Waals surface area contributed by atoms with Crippen molar-refractivity contribution in [2.45, 2.75) is 5.38 Å². The Morgan fingerprint density at radius 1 is 1.05 bits per heavy atom. The predicted octanol–water partition coefficient (Wildman–Crippen LogP) is 5.70. The van der Waals surface area contributed by atoms with E-state index < -0.39 is 5.38 Å². The third-order valence-corrected chi connectivity index (χ3v) is 4.96. The summed E-state index contributed by atoms with van der Waals surface area (Å²) in [7, 11) is 3.12. The highest BCUT2D eigenvalue weighted by atomic mass is 79.9. The van der Waals surface area contributed by atoms with Crippen LogP contribution in [0.4, 0.5) is 4.39 Å². The first-order chi connectivity index (χ1) is 9.99. The Balaban J connectivity index is 2.56. The topological polar surface area (TPSA) is 18.5 Å². The molecule has 0 radical (unpaired) electrons. The number of benzene rings is 2. The molecular weight excluding hydrogens is 426 g/mol. The van der Waals surface area contributed by atoms with Crippen molar-refractivity contribution in [2.24, 2.45) is 0 Å². The van der Waals surface area contributed by atoms with Crippen LogP contribution in [0.15, 0.2) is 39.3 Å². The highest BCUT2D eigenvalue weighted by Crippen LogP contribution is 2.42. The van der Waals surface area contributed by atoms with Crippen LogP contribution in [0.25, 0.3) is 0 Å². The molecule has 0 fully saturated rings. The van der Waals surface area contributed by atoms with Gasteiger partial charge in [0.1, 0.15) is 17.3 Å². The van der Waals surface area contributed by atoms with Crippen LogP contribution < -0.4 is 9.47 Å². The van der Waals surface area contributed by atoms with E-state index in [9.17, 15) is 4.39 Å². The van der Waals surface area contributed by atoms with E-state index >= 15 is 0 Å². The molecule has 0 bridgehead atoms. The van der Waals surface area contributed by atoms with Gasteiger partial charge in [-0.25, -0.2) is 4.39 Å². The van der Waals surface area contributed by atoms with E-state index in [1.54, 1.807) is 38.5 Å². The van der Waals surface area contributed by atoms with Gasteiger partial charge in [0.25, 0.3) is 0 Å². The Bertz CT molecular complexity index is 664. The van der Waals surface area contributed by atoms with Gasteiger partial charge in [-0.1, -0.05) is 12.1 Å². The normalized spacial score (nSPS) is 12.1. The lowest BCUT2D eigenvalue weighted by Crippen LogP contribution is -2.01. The summed E-state index contributed by atoms with van der Waals surface area (Å²) in [5.41, 5.74) is 1.32. The van der Waals surface area contributed by atoms with Crippen molar-refractivity contribution < 1.29 is 13.9 Å². The fraction of sp³-hybridized carbons (Fsp3) is 0.200. The van der Waals surface area contributed by atoms with Gasteiger partial charge < -0.3 is 9.47 Å². The van der Waals surface area contributed by atoms with Gasteiger partial charge in [-0.15, -0.1) is 11.6 Å². The molecule has 2 rings (SSSR count). The molecule has 112 valence electrons. The van der Waals surface area contributed by atoms with Gasteiger partial charge in [0.2, 0.25) is 0 Å². The summed E-state index contributed by atoms with van der Waals surface area (Å²) in [6, 6.07) is 8.30. The van der Waals surface area contributed by atoms with E-state index in [1.165, 1.54) is 6.07 Å². The Kier molecular flexibility index (Phi) is 5.52. The molecule has 0 aliphatic rings. The molecular formula is C15H12Br2ClFO2. The fourth-order valence-corrected chi connectivity index (χ4v) is 3.43. The molecule has 1 atom stereocenters. The number of hydrogen-bond donors (Lipinski definition) is 0. The maximum absolute atomic E-state index is 13.7. The predicted molar refractivity (Wildman–Crippen MR) is 89.0 cm³/mol. The Hall–Kier alpha value is -0.780. The van der Waals surface area contributed by atoms with E-state index in [4.69, 9.17) is 21.1 Å². The van der Waals surface area contributed by atoms with Crippen LogP contribution in [-0.2, 0) is 0 Å². The molecule has 2 aromatic rings. The number of methoxy groups -OCH3 is 2. The van der Waals surface area contributed by atoms with Gasteiger partial charge in [0.05, 0.1) is 28.5 Å². The van der Waals surface area contributed by atoms with E-state index in [-0.39, 0.29) is 5.82 Å². The molecule has 0 N–H and O–H groups in total. The standard InChI is InChI=1S/C15H12Br2ClFO2/c1-20-12-7-10(16)13(21-2)6-9(12)15(18)8-4-3-5-11(19)14(8)17/h3-7,15H,1-2H3. The molecule has 21 heavy (non-hydrogen) atoms. The zero-order valence-electron chi connectivity index (χ0n) is 11.3. The second-order valence-electron chi connectivity index (χ2n) is 4.23. The minimum Gasteiger partial charge on any atom is -0.496 e. The lowest BCUT2D eigenvalue weighted by molar-refractivity contribution is 0.397. The number of rotatable bonds is 4. The summed E-state index contributed by atoms with van der Waals surface area (Å²) < 4.78 is 25.4. The maximum atomic E-state index is 13.7. The molecule has 2 nitrogen and oxygen atoms in total. The maximum Gasteiger partial charge on any atom is 0.137 e. The monoisotopic (exact) mass is 436 g/mol. The lowest BCUT2D eigenvalue weighted by atomic mass is 10.0. The zero-order chi connectivity index (χ0) is 15.6. The van der Waals surface area contributed by atoms with Gasteiger partial charge in [-0.2, -0.15) is 0 Å². The van der Waals surface area contributed by atoms with Crippen molar-refractivity contribution in [2.75, 3.05) is 14.2 Å². The average molecular weight is 439 g/mol. The van der Waals surface area contributed by atoms with Crippen molar-refractivity contribution in [3.8, 4) is 11.5 Å². The van der Waals surface area contributed by atoms with Gasteiger partial charge in [0, 0.05) is 5.56 Å². The molecule has 0 spiro atoms. The van der Waals surface area contributed by atoms with Crippen LogP contribution in [-0.4, -0.2) is 14.2 Å². The van der Waals surface area contributed by atoms with Gasteiger partial charge in [0.15, 0.2) is 0 Å². The third kappa shape index (κ3) is 3.35. The second kappa shape index (κ2) is 6.99. The number of alkyl halides is 1. The molecule has 1 unspecified atom stereocenters. The Labute approximate surface area is 144 Å². The van der Waals surface area contributed by atoms with Crippen LogP contribution in [0.1, 0.15) is 16.5 Å². The summed E-state index contributed by atoms with van der Waals surface area (Å²) in [6.45, 7) is 0. The van der Waals surface area contributed by atoms with Crippen molar-refractivity contribution in [3.63, 3.8) is 0 Å². The quantitative estimate of drug-likeness (QED) is 0.571. The molecule has 0 saturated heterocycles. The zero-order valence-corrected chi connectivity index (χ0v) is 15.2. The van der Waals surface area contributed by atoms with Crippen LogP contribution >= 0.6 is 43.5 Å². The van der Waals surface area contributed by atoms with Crippen LogP contribution in [0, 0.1) is 5.82 Å². The summed E-state index contributed by atoms with van der Waals surface area (Å²) in [5, 5.41) is -0.577. The summed E-state index contributed by atoms with van der Waals surface area (Å²) >= 11 is 13.2. The molecule has 0 saturated carbocycles. The first-order valence-corrected chi connectivity index (χ1v) is 8.01. The minimum atomic E-state index is -0.577. The van der Waals surface area contributed by atoms with Crippen molar-refractivity contribution in [1.29, 1.82) is 0 Å². The van der Waals surface area contributed by atoms with Crippen LogP contribution in [0.5, 0.6) is 11.5 Å². The van der Waals surface area contributed by atoms with E-state index in [1.807, 2.05) is 0 Å². The van der Waals surface area contributed by atoms with Gasteiger partial charge in [-0.3, -0.25) is 0 Å². The molecule has 0 aliphatic carbocycles. The van der Waals surface area contributed by atoms with E-state index in [2.05, 4.69) is 31.9 Å². The fourth-order valence-electron chi connectivity index (χ4n) is 1.97. The lowest BCUT2D eigenvalue weighted by Gasteiger charge is -2.18. The molecule has 0 aliphatic heterocycles. The van der Waals surface area contributed by atoms with Gasteiger partial charge >= 0.3 is 0 Å². The molecule has 6 heteroatoms. The molecule has 2 aromatic carbocycles. The second-order valence-corrected chi connectivity index (χ2v) is 6.32. The molecule has 0 heterocycles. The summed E-state index contributed by atoms with van der Waals surface area (Å²) in [4.78, 5) is 0. The summed E-state index contributed by atoms with van der Waals surface area (Å²) in [5.74, 6) is 0.865. The van der Waals surface area contributed by atoms with Crippen LogP contribution in [0.3, 0.4) is 0 Å². The van der Waals surface area contributed by atoms with Gasteiger partial charge in [-0.05, 0) is 55.6 Å². The smallest absolute Gasteiger partial charge is 0.137 e. The summed E-state index contributed by atoms with van der Waals surface area (Å²) in [6.07, 6.45) is 0. The number of ether oxygens (including phenoxy) is 2. The average Bonchev–Trinajstić information content (AvgIpc) is 2.49. The largest absolute Gasteiger partial charge is 0.496 e. The SMILES string of the molecule is COc1cc(C(Cl)c2cccc(F)c2Br)c(OC)cc1Br. The Morgan fingerprint density at radius 2 is 1.71 bits per heavy atom. The highest BCUT2D eigenvalue weighted by Gasteiger charge is 2.21. The molecule has 0 aromatic heterocycles.